The molecule has 6 heteroatoms. The smallest absolute Gasteiger partial charge is 0.224 e. The van der Waals surface area contributed by atoms with Gasteiger partial charge in [0.05, 0.1) is 11.7 Å². The normalized spacial score (nSPS) is 10.8. The molecule has 0 saturated heterocycles. The quantitative estimate of drug-likeness (QED) is 0.749. The van der Waals surface area contributed by atoms with Crippen LogP contribution in [0.4, 0.5) is 11.8 Å². The molecule has 0 unspecified atom stereocenters. The van der Waals surface area contributed by atoms with E-state index in [9.17, 15) is 0 Å². The van der Waals surface area contributed by atoms with Crippen LogP contribution in [0.3, 0.4) is 0 Å². The number of para-hydroxylation sites is 1. The zero-order valence-corrected chi connectivity index (χ0v) is 12.2. The van der Waals surface area contributed by atoms with E-state index in [0.29, 0.717) is 5.95 Å². The highest BCUT2D eigenvalue weighted by Crippen LogP contribution is 2.21. The van der Waals surface area contributed by atoms with Gasteiger partial charge in [-0.3, -0.25) is 4.68 Å². The van der Waals surface area contributed by atoms with Gasteiger partial charge in [0.25, 0.3) is 0 Å². The van der Waals surface area contributed by atoms with Crippen molar-refractivity contribution in [1.29, 1.82) is 0 Å². The number of anilines is 2. The molecule has 6 nitrogen and oxygen atoms in total. The predicted molar refractivity (Wildman–Crippen MR) is 84.5 cm³/mol. The van der Waals surface area contributed by atoms with Crippen LogP contribution in [0.2, 0.25) is 0 Å². The molecule has 0 fully saturated rings. The second kappa shape index (κ2) is 5.78. The number of hydrogen-bond acceptors (Lipinski definition) is 5. The van der Waals surface area contributed by atoms with Crippen LogP contribution >= 0.6 is 0 Å². The van der Waals surface area contributed by atoms with Crippen LogP contribution in [-0.2, 0) is 13.5 Å². The Morgan fingerprint density at radius 1 is 1.19 bits per heavy atom. The van der Waals surface area contributed by atoms with E-state index in [-0.39, 0.29) is 0 Å². The number of fused-ring (bicyclic) bond motifs is 1. The summed E-state index contributed by atoms with van der Waals surface area (Å²) < 4.78 is 1.81. The Hall–Kier alpha value is -2.63. The van der Waals surface area contributed by atoms with Crippen molar-refractivity contribution in [2.24, 2.45) is 7.05 Å². The van der Waals surface area contributed by atoms with Gasteiger partial charge in [0.1, 0.15) is 5.82 Å². The van der Waals surface area contributed by atoms with Crippen LogP contribution < -0.4 is 10.6 Å². The van der Waals surface area contributed by atoms with E-state index >= 15 is 0 Å². The molecule has 3 rings (SSSR count). The number of aromatic nitrogens is 4. The monoisotopic (exact) mass is 282 g/mol. The van der Waals surface area contributed by atoms with Gasteiger partial charge in [-0.15, -0.1) is 0 Å². The van der Waals surface area contributed by atoms with E-state index in [1.165, 1.54) is 5.56 Å². The fourth-order valence-electron chi connectivity index (χ4n) is 2.25. The lowest BCUT2D eigenvalue weighted by atomic mass is 10.2. The summed E-state index contributed by atoms with van der Waals surface area (Å²) in [4.78, 5) is 8.95. The summed E-state index contributed by atoms with van der Waals surface area (Å²) in [5.74, 6) is 1.48. The molecule has 0 amide bonds. The predicted octanol–water partition coefficient (Wildman–Crippen LogP) is 2.06. The number of benzene rings is 1. The van der Waals surface area contributed by atoms with Gasteiger partial charge in [-0.05, 0) is 24.1 Å². The van der Waals surface area contributed by atoms with Crippen molar-refractivity contribution in [3.63, 3.8) is 0 Å². The Morgan fingerprint density at radius 3 is 2.81 bits per heavy atom. The topological polar surface area (TPSA) is 67.7 Å². The Balaban J connectivity index is 1.79. The molecule has 21 heavy (non-hydrogen) atoms. The Labute approximate surface area is 123 Å². The molecule has 1 aromatic carbocycles. The van der Waals surface area contributed by atoms with Gasteiger partial charge in [-0.1, -0.05) is 12.1 Å². The summed E-state index contributed by atoms with van der Waals surface area (Å²) >= 11 is 0. The van der Waals surface area contributed by atoms with Crippen LogP contribution in [0.15, 0.2) is 36.7 Å². The lowest BCUT2D eigenvalue weighted by molar-refractivity contribution is 0.767. The van der Waals surface area contributed by atoms with Crippen molar-refractivity contribution in [2.75, 3.05) is 24.2 Å². The van der Waals surface area contributed by atoms with Crippen LogP contribution in [0.5, 0.6) is 0 Å². The van der Waals surface area contributed by atoms with E-state index in [1.54, 1.807) is 0 Å². The summed E-state index contributed by atoms with van der Waals surface area (Å²) in [5.41, 5.74) is 2.14. The second-order valence-corrected chi connectivity index (χ2v) is 4.86. The van der Waals surface area contributed by atoms with Gasteiger partial charge >= 0.3 is 0 Å². The molecule has 3 aromatic rings. The van der Waals surface area contributed by atoms with Gasteiger partial charge in [0.2, 0.25) is 5.95 Å². The SMILES string of the molecule is CNc1nc(NCCc2cnn(C)c2)c2ccccc2n1. The van der Waals surface area contributed by atoms with Crippen molar-refractivity contribution < 1.29 is 0 Å². The summed E-state index contributed by atoms with van der Waals surface area (Å²) in [7, 11) is 3.75. The van der Waals surface area contributed by atoms with Gasteiger partial charge < -0.3 is 10.6 Å². The number of aryl methyl sites for hydroxylation is 1. The molecular formula is C15H18N6. The molecule has 0 aliphatic rings. The van der Waals surface area contributed by atoms with Crippen molar-refractivity contribution >= 4 is 22.7 Å². The minimum absolute atomic E-state index is 0.623. The standard InChI is InChI=1S/C15H18N6/c1-16-15-19-13-6-4-3-5-12(13)14(20-15)17-8-7-11-9-18-21(2)10-11/h3-6,9-10H,7-8H2,1-2H3,(H2,16,17,19,20). The van der Waals surface area contributed by atoms with Gasteiger partial charge in [0, 0.05) is 32.2 Å². The molecule has 108 valence electrons. The molecule has 0 saturated carbocycles. The molecule has 0 aliphatic heterocycles. The first kappa shape index (κ1) is 13.4. The van der Waals surface area contributed by atoms with Crippen LogP contribution in [0.1, 0.15) is 5.56 Å². The molecule has 0 radical (unpaired) electrons. The van der Waals surface area contributed by atoms with Crippen molar-refractivity contribution in [2.45, 2.75) is 6.42 Å². The van der Waals surface area contributed by atoms with E-state index in [2.05, 4.69) is 25.7 Å². The fraction of sp³-hybridized carbons (Fsp3) is 0.267. The van der Waals surface area contributed by atoms with Gasteiger partial charge in [0.15, 0.2) is 0 Å². The average Bonchev–Trinajstić information content (AvgIpc) is 2.92. The van der Waals surface area contributed by atoms with Crippen molar-refractivity contribution in [3.8, 4) is 0 Å². The number of hydrogen-bond donors (Lipinski definition) is 2. The third-order valence-electron chi connectivity index (χ3n) is 3.29. The van der Waals surface area contributed by atoms with Crippen molar-refractivity contribution in [3.05, 3.63) is 42.2 Å². The first-order valence-electron chi connectivity index (χ1n) is 6.92. The minimum Gasteiger partial charge on any atom is -0.369 e. The highest BCUT2D eigenvalue weighted by Gasteiger charge is 2.06. The molecule has 0 aliphatic carbocycles. The maximum absolute atomic E-state index is 4.50. The molecule has 2 heterocycles. The highest BCUT2D eigenvalue weighted by atomic mass is 15.2. The van der Waals surface area contributed by atoms with Gasteiger partial charge in [-0.25, -0.2) is 4.98 Å². The largest absolute Gasteiger partial charge is 0.369 e. The number of rotatable bonds is 5. The van der Waals surface area contributed by atoms with E-state index in [0.717, 1.165) is 29.7 Å². The lowest BCUT2D eigenvalue weighted by Crippen LogP contribution is -2.08. The highest BCUT2D eigenvalue weighted by molar-refractivity contribution is 5.89. The summed E-state index contributed by atoms with van der Waals surface area (Å²) in [6.45, 7) is 0.801. The van der Waals surface area contributed by atoms with E-state index in [1.807, 2.05) is 55.4 Å². The summed E-state index contributed by atoms with van der Waals surface area (Å²) in [6, 6.07) is 8.00. The Bertz CT molecular complexity index is 749. The molecule has 2 aromatic heterocycles. The van der Waals surface area contributed by atoms with Crippen LogP contribution in [0, 0.1) is 0 Å². The van der Waals surface area contributed by atoms with Gasteiger partial charge in [-0.2, -0.15) is 10.1 Å². The molecule has 0 atom stereocenters. The third kappa shape index (κ3) is 2.94. The Morgan fingerprint density at radius 2 is 2.05 bits per heavy atom. The zero-order chi connectivity index (χ0) is 14.7. The maximum Gasteiger partial charge on any atom is 0.224 e. The Kier molecular flexibility index (Phi) is 3.68. The summed E-state index contributed by atoms with van der Waals surface area (Å²) in [6.07, 6.45) is 4.82. The molecule has 2 N–H and O–H groups in total. The fourth-order valence-corrected chi connectivity index (χ4v) is 2.25. The lowest BCUT2D eigenvalue weighted by Gasteiger charge is -2.10. The molecule has 0 spiro atoms. The third-order valence-corrected chi connectivity index (χ3v) is 3.29. The molecular weight excluding hydrogens is 264 g/mol. The summed E-state index contributed by atoms with van der Waals surface area (Å²) in [5, 5.41) is 11.6. The first-order chi connectivity index (χ1) is 10.3. The number of nitrogens with zero attached hydrogens (tertiary/aromatic N) is 4. The minimum atomic E-state index is 0.623. The average molecular weight is 282 g/mol. The van der Waals surface area contributed by atoms with Crippen molar-refractivity contribution in [1.82, 2.24) is 19.7 Å². The molecule has 0 bridgehead atoms. The van der Waals surface area contributed by atoms with E-state index < -0.39 is 0 Å². The van der Waals surface area contributed by atoms with E-state index in [4.69, 9.17) is 0 Å². The van der Waals surface area contributed by atoms with Crippen LogP contribution in [0.25, 0.3) is 10.9 Å². The second-order valence-electron chi connectivity index (χ2n) is 4.86. The zero-order valence-electron chi connectivity index (χ0n) is 12.2. The number of nitrogens with one attached hydrogen (secondary N) is 2. The van der Waals surface area contributed by atoms with Crippen LogP contribution in [-0.4, -0.2) is 33.3 Å². The maximum atomic E-state index is 4.50. The first-order valence-corrected chi connectivity index (χ1v) is 6.92.